The third-order valence-electron chi connectivity index (χ3n) is 7.44. The summed E-state index contributed by atoms with van der Waals surface area (Å²) >= 11 is 6.04. The average molecular weight is 619 g/mol. The summed E-state index contributed by atoms with van der Waals surface area (Å²) in [6.07, 6.45) is 2.65. The molecule has 0 aromatic heterocycles. The van der Waals surface area contributed by atoms with Crippen LogP contribution in [-0.4, -0.2) is 55.4 Å². The van der Waals surface area contributed by atoms with Gasteiger partial charge in [0.05, 0.1) is 36.1 Å². The number of carbonyl (C=O) groups is 4. The lowest BCUT2D eigenvalue weighted by Crippen LogP contribution is -2.30. The fourth-order valence-corrected chi connectivity index (χ4v) is 5.34. The third-order valence-corrected chi connectivity index (χ3v) is 7.68. The molecule has 2 N–H and O–H groups in total. The molecule has 3 aromatic rings. The lowest BCUT2D eigenvalue weighted by molar-refractivity contribution is -0.143. The first kappa shape index (κ1) is 30.9. The van der Waals surface area contributed by atoms with E-state index in [-0.39, 0.29) is 29.4 Å². The van der Waals surface area contributed by atoms with E-state index in [9.17, 15) is 19.2 Å². The highest BCUT2D eigenvalue weighted by Crippen LogP contribution is 2.35. The van der Waals surface area contributed by atoms with Gasteiger partial charge in [-0.1, -0.05) is 23.7 Å². The number of anilines is 2. The van der Waals surface area contributed by atoms with Crippen molar-refractivity contribution in [3.63, 3.8) is 0 Å². The normalized spacial score (nSPS) is 17.5. The minimum Gasteiger partial charge on any atom is -0.465 e. The summed E-state index contributed by atoms with van der Waals surface area (Å²) in [5, 5.41) is 12.3. The van der Waals surface area contributed by atoms with Gasteiger partial charge in [-0.05, 0) is 85.5 Å². The minimum absolute atomic E-state index is 0.0528. The van der Waals surface area contributed by atoms with Gasteiger partial charge < -0.3 is 24.6 Å². The number of amides is 3. The molecule has 3 amide bonds. The number of unbranched alkanes of at least 4 members (excludes halogenated alkanes) is 1. The molecule has 2 heterocycles. The van der Waals surface area contributed by atoms with Gasteiger partial charge in [0.2, 0.25) is 6.29 Å². The maximum absolute atomic E-state index is 13.4. The van der Waals surface area contributed by atoms with E-state index in [1.807, 2.05) is 0 Å². The molecule has 3 aromatic carbocycles. The van der Waals surface area contributed by atoms with Crippen LogP contribution in [0.25, 0.3) is 0 Å². The molecule has 0 radical (unpaired) electrons. The number of imide groups is 1. The monoisotopic (exact) mass is 618 g/mol. The number of hydrogen-bond acceptors (Lipinski definition) is 8. The average Bonchev–Trinajstić information content (AvgIpc) is 3.27. The van der Waals surface area contributed by atoms with Gasteiger partial charge in [-0.3, -0.25) is 14.4 Å². The molecular formula is C33H31ClN2O8. The Morgan fingerprint density at radius 2 is 1.77 bits per heavy atom. The van der Waals surface area contributed by atoms with Crippen molar-refractivity contribution >= 4 is 46.7 Å². The molecule has 228 valence electrons. The number of nitrogens with zero attached hydrogens (tertiary/aromatic N) is 1. The van der Waals surface area contributed by atoms with Crippen molar-refractivity contribution in [1.29, 1.82) is 0 Å². The van der Waals surface area contributed by atoms with Crippen LogP contribution in [0.5, 0.6) is 0 Å². The van der Waals surface area contributed by atoms with E-state index >= 15 is 0 Å². The van der Waals surface area contributed by atoms with E-state index in [4.69, 9.17) is 30.9 Å². The number of fused-ring (bicyclic) bond motifs is 1. The highest BCUT2D eigenvalue weighted by atomic mass is 35.5. The Hall–Kier alpha value is -4.51. The predicted octanol–water partition coefficient (Wildman–Crippen LogP) is 5.38. The summed E-state index contributed by atoms with van der Waals surface area (Å²) in [4.78, 5) is 52.4. The molecule has 2 aliphatic heterocycles. The molecule has 2 aliphatic rings. The number of aliphatic hydroxyl groups excluding tert-OH is 1. The zero-order chi connectivity index (χ0) is 31.4. The summed E-state index contributed by atoms with van der Waals surface area (Å²) in [7, 11) is 1.32. The van der Waals surface area contributed by atoms with Crippen LogP contribution in [0, 0.1) is 6.92 Å². The Morgan fingerprint density at radius 3 is 2.48 bits per heavy atom. The molecule has 5 rings (SSSR count). The summed E-state index contributed by atoms with van der Waals surface area (Å²) in [6.45, 7) is 2.14. The molecule has 0 fully saturated rings. The Balaban J connectivity index is 1.34. The lowest BCUT2D eigenvalue weighted by Gasteiger charge is -2.29. The third kappa shape index (κ3) is 6.52. The molecule has 2 atom stereocenters. The highest BCUT2D eigenvalue weighted by molar-refractivity contribution is 6.37. The number of hydrogen-bond donors (Lipinski definition) is 2. The summed E-state index contributed by atoms with van der Waals surface area (Å²) in [6, 6.07) is 16.4. The van der Waals surface area contributed by atoms with E-state index in [2.05, 4.69) is 5.32 Å². The van der Waals surface area contributed by atoms with Gasteiger partial charge in [-0.25, -0.2) is 9.69 Å². The fourth-order valence-electron chi connectivity index (χ4n) is 5.17. The van der Waals surface area contributed by atoms with Gasteiger partial charge in [0, 0.05) is 29.7 Å². The second-order valence-electron chi connectivity index (χ2n) is 10.4. The van der Waals surface area contributed by atoms with Crippen molar-refractivity contribution in [2.24, 2.45) is 0 Å². The zero-order valence-electron chi connectivity index (χ0n) is 24.2. The molecule has 11 heteroatoms. The van der Waals surface area contributed by atoms with Gasteiger partial charge in [-0.15, -0.1) is 0 Å². The van der Waals surface area contributed by atoms with Gasteiger partial charge in [0.25, 0.3) is 17.7 Å². The summed E-state index contributed by atoms with van der Waals surface area (Å²) in [5.74, 6) is -2.05. The number of nitrogens with one attached hydrogen (secondary N) is 1. The lowest BCUT2D eigenvalue weighted by atomic mass is 9.92. The standard InChI is InChI=1S/C33H31ClN2O8/c1-19-15-24(10-12-27(19)36-31(39)25-11-9-23(34)18-26(25)32(36)40)35-30(38)28-16-22(17-29(44-28)43-14-4-3-13-37)20-5-7-21(8-6-20)33(41)42-2/h5-12,15-16,18,22,29,37H,3-4,13-14,17H2,1-2H3,(H,35,38)/t22-,29+/m0/s1. The quantitative estimate of drug-likeness (QED) is 0.176. The van der Waals surface area contributed by atoms with Gasteiger partial charge in [-0.2, -0.15) is 0 Å². The Kier molecular flexibility index (Phi) is 9.43. The van der Waals surface area contributed by atoms with Crippen LogP contribution in [0.3, 0.4) is 0 Å². The first-order valence-corrected chi connectivity index (χ1v) is 14.5. The number of benzene rings is 3. The van der Waals surface area contributed by atoms with E-state index in [0.29, 0.717) is 53.4 Å². The zero-order valence-corrected chi connectivity index (χ0v) is 24.9. The topological polar surface area (TPSA) is 131 Å². The maximum Gasteiger partial charge on any atom is 0.337 e. The van der Waals surface area contributed by atoms with Crippen LogP contribution >= 0.6 is 11.6 Å². The Morgan fingerprint density at radius 1 is 1.02 bits per heavy atom. The van der Waals surface area contributed by atoms with E-state index in [1.54, 1.807) is 61.5 Å². The van der Waals surface area contributed by atoms with Crippen LogP contribution in [-0.2, 0) is 19.0 Å². The number of aryl methyl sites for hydroxylation is 1. The van der Waals surface area contributed by atoms with Crippen molar-refractivity contribution in [2.75, 3.05) is 30.5 Å². The molecule has 0 spiro atoms. The molecule has 0 bridgehead atoms. The van der Waals surface area contributed by atoms with Crippen molar-refractivity contribution in [3.05, 3.63) is 105 Å². The van der Waals surface area contributed by atoms with Gasteiger partial charge in [0.1, 0.15) is 0 Å². The number of halogens is 1. The number of methoxy groups -OCH3 is 1. The largest absolute Gasteiger partial charge is 0.465 e. The highest BCUT2D eigenvalue weighted by Gasteiger charge is 2.37. The van der Waals surface area contributed by atoms with Crippen LogP contribution in [0.2, 0.25) is 5.02 Å². The number of esters is 1. The minimum atomic E-state index is -0.712. The van der Waals surface area contributed by atoms with Crippen molar-refractivity contribution in [1.82, 2.24) is 0 Å². The summed E-state index contributed by atoms with van der Waals surface area (Å²) < 4.78 is 16.6. The molecule has 44 heavy (non-hydrogen) atoms. The molecule has 10 nitrogen and oxygen atoms in total. The van der Waals surface area contributed by atoms with Crippen LogP contribution in [0.1, 0.15) is 67.4 Å². The van der Waals surface area contributed by atoms with Crippen molar-refractivity contribution in [3.8, 4) is 0 Å². The molecule has 0 saturated carbocycles. The molecular weight excluding hydrogens is 588 g/mol. The molecule has 0 saturated heterocycles. The van der Waals surface area contributed by atoms with E-state index in [0.717, 1.165) is 10.5 Å². The second-order valence-corrected chi connectivity index (χ2v) is 10.9. The van der Waals surface area contributed by atoms with Crippen LogP contribution < -0.4 is 10.2 Å². The number of allylic oxidation sites excluding steroid dienone is 1. The van der Waals surface area contributed by atoms with E-state index < -0.39 is 30.0 Å². The number of aliphatic hydroxyl groups is 1. The SMILES string of the molecule is COC(=O)c1ccc([C@H]2C=C(C(=O)Nc3ccc(N4C(=O)c5ccc(Cl)cc5C4=O)c(C)c3)O[C@@H](OCCCCO)C2)cc1. The fraction of sp³-hybridized carbons (Fsp3) is 0.273. The van der Waals surface area contributed by atoms with Crippen LogP contribution in [0.4, 0.5) is 11.4 Å². The Bertz CT molecular complexity index is 1640. The Labute approximate surface area is 259 Å². The number of ether oxygens (including phenoxy) is 3. The van der Waals surface area contributed by atoms with E-state index in [1.165, 1.54) is 19.2 Å². The maximum atomic E-state index is 13.4. The molecule has 0 unspecified atom stereocenters. The number of carbonyl (C=O) groups excluding carboxylic acids is 4. The molecule has 0 aliphatic carbocycles. The number of rotatable bonds is 10. The van der Waals surface area contributed by atoms with Crippen LogP contribution in [0.15, 0.2) is 72.5 Å². The predicted molar refractivity (Wildman–Crippen MR) is 163 cm³/mol. The second kappa shape index (κ2) is 13.4. The van der Waals surface area contributed by atoms with Crippen molar-refractivity contribution < 1.29 is 38.5 Å². The van der Waals surface area contributed by atoms with Gasteiger partial charge in [0.15, 0.2) is 5.76 Å². The smallest absolute Gasteiger partial charge is 0.337 e. The summed E-state index contributed by atoms with van der Waals surface area (Å²) in [5.41, 5.74) is 3.21. The first-order valence-electron chi connectivity index (χ1n) is 14.1. The van der Waals surface area contributed by atoms with Crippen molar-refractivity contribution in [2.45, 2.75) is 38.4 Å². The first-order chi connectivity index (χ1) is 21.2. The van der Waals surface area contributed by atoms with Gasteiger partial charge >= 0.3 is 5.97 Å².